The number of ketones is 1. The standard InChI is InChI=1S/C32H44N2O6/c1-7-9-11-19-40-26-15-12-23(21-27(26)38-6)29-28(31(36)32(37)34(29)17-16-33(4)5)30(35)24-13-14-25(22(3)20-24)39-18-10-8-2/h12-15,20-21,29,35H,7-11,16-19H2,1-6H3. The number of carbonyl (C=O) groups is 2. The first kappa shape index (κ1) is 31.0. The number of Topliss-reactive ketones (excluding diaryl/α,β-unsaturated/α-hetero) is 1. The maximum Gasteiger partial charge on any atom is 0.295 e. The van der Waals surface area contributed by atoms with Crippen molar-refractivity contribution in [3.8, 4) is 17.2 Å². The number of carbonyl (C=O) groups excluding carboxylic acids is 2. The average Bonchev–Trinajstić information content (AvgIpc) is 3.19. The normalized spacial score (nSPS) is 16.6. The topological polar surface area (TPSA) is 88.5 Å². The van der Waals surface area contributed by atoms with Crippen molar-refractivity contribution in [2.75, 3.05) is 47.5 Å². The molecule has 0 saturated carbocycles. The predicted octanol–water partition coefficient (Wildman–Crippen LogP) is 5.73. The van der Waals surface area contributed by atoms with E-state index in [9.17, 15) is 14.7 Å². The van der Waals surface area contributed by atoms with Crippen LogP contribution in [0.2, 0.25) is 0 Å². The average molecular weight is 553 g/mol. The minimum atomic E-state index is -0.774. The van der Waals surface area contributed by atoms with Gasteiger partial charge in [-0.15, -0.1) is 0 Å². The lowest BCUT2D eigenvalue weighted by molar-refractivity contribution is -0.140. The number of nitrogens with zero attached hydrogens (tertiary/aromatic N) is 2. The summed E-state index contributed by atoms with van der Waals surface area (Å²) in [7, 11) is 5.38. The van der Waals surface area contributed by atoms with Crippen LogP contribution in [-0.4, -0.2) is 74.1 Å². The summed E-state index contributed by atoms with van der Waals surface area (Å²) in [5.74, 6) is 0.285. The SMILES string of the molecule is CCCCCOc1ccc(C2C(=C(O)c3ccc(OCCCC)c(C)c3)C(=O)C(=O)N2CCN(C)C)cc1OC. The van der Waals surface area contributed by atoms with Gasteiger partial charge in [0.05, 0.1) is 31.9 Å². The van der Waals surface area contributed by atoms with Crippen LogP contribution in [0.5, 0.6) is 17.2 Å². The first-order valence-electron chi connectivity index (χ1n) is 14.2. The Bertz CT molecular complexity index is 1210. The van der Waals surface area contributed by atoms with E-state index in [1.165, 1.54) is 4.90 Å². The fourth-order valence-corrected chi connectivity index (χ4v) is 4.71. The highest BCUT2D eigenvalue weighted by atomic mass is 16.5. The van der Waals surface area contributed by atoms with Gasteiger partial charge >= 0.3 is 0 Å². The Morgan fingerprint density at radius 2 is 1.60 bits per heavy atom. The number of rotatable bonds is 15. The molecule has 0 aliphatic carbocycles. The van der Waals surface area contributed by atoms with Gasteiger partial charge in [0.25, 0.3) is 11.7 Å². The monoisotopic (exact) mass is 552 g/mol. The zero-order chi connectivity index (χ0) is 29.2. The molecule has 1 unspecified atom stereocenters. The molecule has 0 spiro atoms. The fourth-order valence-electron chi connectivity index (χ4n) is 4.71. The maximum atomic E-state index is 13.4. The van der Waals surface area contributed by atoms with Crippen LogP contribution in [0.1, 0.15) is 68.7 Å². The Morgan fingerprint density at radius 1 is 0.925 bits per heavy atom. The third-order valence-electron chi connectivity index (χ3n) is 7.04. The molecule has 0 bridgehead atoms. The summed E-state index contributed by atoms with van der Waals surface area (Å²) in [6, 6.07) is 9.96. The molecule has 8 heteroatoms. The van der Waals surface area contributed by atoms with Gasteiger partial charge in [0, 0.05) is 18.7 Å². The van der Waals surface area contributed by atoms with Crippen molar-refractivity contribution in [3.05, 3.63) is 58.7 Å². The van der Waals surface area contributed by atoms with Gasteiger partial charge < -0.3 is 29.1 Å². The van der Waals surface area contributed by atoms with Crippen LogP contribution in [-0.2, 0) is 9.59 Å². The van der Waals surface area contributed by atoms with Gasteiger partial charge in [0.2, 0.25) is 0 Å². The smallest absolute Gasteiger partial charge is 0.295 e. The molecule has 40 heavy (non-hydrogen) atoms. The van der Waals surface area contributed by atoms with Crippen molar-refractivity contribution in [1.29, 1.82) is 0 Å². The predicted molar refractivity (Wildman–Crippen MR) is 157 cm³/mol. The highest BCUT2D eigenvalue weighted by Crippen LogP contribution is 2.42. The summed E-state index contributed by atoms with van der Waals surface area (Å²) in [4.78, 5) is 30.2. The van der Waals surface area contributed by atoms with E-state index in [1.54, 1.807) is 37.4 Å². The minimum Gasteiger partial charge on any atom is -0.507 e. The Balaban J connectivity index is 2.05. The molecule has 8 nitrogen and oxygen atoms in total. The zero-order valence-corrected chi connectivity index (χ0v) is 24.8. The second-order valence-electron chi connectivity index (χ2n) is 10.4. The number of aryl methyl sites for hydroxylation is 1. The largest absolute Gasteiger partial charge is 0.507 e. The number of unbranched alkanes of at least 4 members (excludes halogenated alkanes) is 3. The molecule has 0 radical (unpaired) electrons. The number of methoxy groups -OCH3 is 1. The van der Waals surface area contributed by atoms with E-state index >= 15 is 0 Å². The summed E-state index contributed by atoms with van der Waals surface area (Å²) in [6.45, 7) is 8.20. The summed E-state index contributed by atoms with van der Waals surface area (Å²) in [5.41, 5.74) is 2.01. The van der Waals surface area contributed by atoms with Crippen molar-refractivity contribution in [3.63, 3.8) is 0 Å². The van der Waals surface area contributed by atoms with Gasteiger partial charge in [-0.2, -0.15) is 0 Å². The molecule has 2 aromatic rings. The molecule has 1 fully saturated rings. The number of likely N-dealkylation sites (N-methyl/N-ethyl adjacent to an activating group) is 1. The van der Waals surface area contributed by atoms with Crippen molar-refractivity contribution < 1.29 is 28.9 Å². The van der Waals surface area contributed by atoms with Gasteiger partial charge in [-0.25, -0.2) is 0 Å². The van der Waals surface area contributed by atoms with Crippen LogP contribution < -0.4 is 14.2 Å². The molecule has 2 aromatic carbocycles. The van der Waals surface area contributed by atoms with Gasteiger partial charge in [-0.05, 0) is 75.3 Å². The molecule has 3 rings (SSSR count). The van der Waals surface area contributed by atoms with Crippen molar-refractivity contribution in [1.82, 2.24) is 9.80 Å². The zero-order valence-electron chi connectivity index (χ0n) is 24.8. The third-order valence-corrected chi connectivity index (χ3v) is 7.04. The van der Waals surface area contributed by atoms with Crippen molar-refractivity contribution in [2.45, 2.75) is 58.9 Å². The second-order valence-corrected chi connectivity index (χ2v) is 10.4. The molecule has 218 valence electrons. The fraction of sp³-hybridized carbons (Fsp3) is 0.500. The van der Waals surface area contributed by atoms with E-state index in [1.807, 2.05) is 32.0 Å². The Morgan fingerprint density at radius 3 is 2.25 bits per heavy atom. The molecule has 1 atom stereocenters. The summed E-state index contributed by atoms with van der Waals surface area (Å²) >= 11 is 0. The molecule has 1 aliphatic rings. The maximum absolute atomic E-state index is 13.4. The van der Waals surface area contributed by atoms with Crippen LogP contribution in [0.15, 0.2) is 42.0 Å². The van der Waals surface area contributed by atoms with E-state index in [2.05, 4.69) is 13.8 Å². The number of ether oxygens (including phenoxy) is 3. The van der Waals surface area contributed by atoms with Crippen molar-refractivity contribution in [2.24, 2.45) is 0 Å². The van der Waals surface area contributed by atoms with Crippen LogP contribution >= 0.6 is 0 Å². The first-order chi connectivity index (χ1) is 19.2. The number of hydrogen-bond acceptors (Lipinski definition) is 7. The first-order valence-corrected chi connectivity index (χ1v) is 14.2. The number of aliphatic hydroxyl groups is 1. The number of hydrogen-bond donors (Lipinski definition) is 1. The number of amides is 1. The van der Waals surface area contributed by atoms with Crippen LogP contribution in [0.25, 0.3) is 5.76 Å². The van der Waals surface area contributed by atoms with Crippen LogP contribution in [0, 0.1) is 6.92 Å². The summed E-state index contributed by atoms with van der Waals surface area (Å²) < 4.78 is 17.4. The molecular formula is C32H44N2O6. The third kappa shape index (κ3) is 7.36. The molecule has 1 heterocycles. The molecule has 1 amide bonds. The van der Waals surface area contributed by atoms with Gasteiger partial charge in [-0.1, -0.05) is 39.2 Å². The van der Waals surface area contributed by atoms with Gasteiger partial charge in [0.1, 0.15) is 11.5 Å². The molecule has 1 aliphatic heterocycles. The van der Waals surface area contributed by atoms with E-state index in [0.717, 1.165) is 43.4 Å². The number of benzene rings is 2. The quantitative estimate of drug-likeness (QED) is 0.131. The lowest BCUT2D eigenvalue weighted by Gasteiger charge is -2.27. The molecule has 1 saturated heterocycles. The Hall–Kier alpha value is -3.52. The summed E-state index contributed by atoms with van der Waals surface area (Å²) in [5, 5.41) is 11.5. The number of likely N-dealkylation sites (tertiary alicyclic amines) is 1. The Kier molecular flexibility index (Phi) is 11.4. The highest BCUT2D eigenvalue weighted by molar-refractivity contribution is 6.46. The Labute approximate surface area is 238 Å². The van der Waals surface area contributed by atoms with E-state index in [-0.39, 0.29) is 11.3 Å². The molecular weight excluding hydrogens is 508 g/mol. The van der Waals surface area contributed by atoms with Crippen molar-refractivity contribution >= 4 is 17.4 Å². The lowest BCUT2D eigenvalue weighted by Crippen LogP contribution is -2.35. The van der Waals surface area contributed by atoms with E-state index in [0.29, 0.717) is 48.9 Å². The van der Waals surface area contributed by atoms with E-state index < -0.39 is 17.7 Å². The lowest BCUT2D eigenvalue weighted by atomic mass is 9.94. The second kappa shape index (κ2) is 14.7. The molecule has 0 aromatic heterocycles. The van der Waals surface area contributed by atoms with Crippen LogP contribution in [0.3, 0.4) is 0 Å². The number of aliphatic hydroxyl groups excluding tert-OH is 1. The minimum absolute atomic E-state index is 0.0569. The highest BCUT2D eigenvalue weighted by Gasteiger charge is 2.46. The van der Waals surface area contributed by atoms with Crippen LogP contribution in [0.4, 0.5) is 0 Å². The van der Waals surface area contributed by atoms with Gasteiger partial charge in [-0.3, -0.25) is 9.59 Å². The molecule has 1 N–H and O–H groups in total. The summed E-state index contributed by atoms with van der Waals surface area (Å²) in [6.07, 6.45) is 5.09. The van der Waals surface area contributed by atoms with E-state index in [4.69, 9.17) is 14.2 Å². The van der Waals surface area contributed by atoms with Gasteiger partial charge in [0.15, 0.2) is 11.5 Å².